The first-order valence-corrected chi connectivity index (χ1v) is 8.23. The Morgan fingerprint density at radius 2 is 1.38 bits per heavy atom. The third kappa shape index (κ3) is 4.20. The Balaban J connectivity index is 2.62. The summed E-state index contributed by atoms with van der Waals surface area (Å²) < 4.78 is 23.5. The summed E-state index contributed by atoms with van der Waals surface area (Å²) in [6.45, 7) is 4.73. The first-order chi connectivity index (χ1) is 7.73. The van der Waals surface area contributed by atoms with Crippen molar-refractivity contribution in [3.8, 4) is 0 Å². The number of hydrogen-bond donors (Lipinski definition) is 0. The molecular weight excluding hydrogens is 223 g/mol. The van der Waals surface area contributed by atoms with Crippen LogP contribution in [0.25, 0.3) is 0 Å². The summed E-state index contributed by atoms with van der Waals surface area (Å²) >= 11 is 0. The molecule has 0 aromatic carbocycles. The van der Waals surface area contributed by atoms with Crippen LogP contribution >= 0.6 is 7.60 Å². The van der Waals surface area contributed by atoms with Gasteiger partial charge in [0.15, 0.2) is 0 Å². The number of hydrogen-bond acceptors (Lipinski definition) is 3. The zero-order valence-electron chi connectivity index (χ0n) is 10.6. The molecule has 1 aliphatic rings. The topological polar surface area (TPSA) is 35.5 Å². The first kappa shape index (κ1) is 14.2. The second-order valence-corrected chi connectivity index (χ2v) is 6.70. The maximum Gasteiger partial charge on any atom is 0.333 e. The maximum absolute atomic E-state index is 12.6. The van der Waals surface area contributed by atoms with Crippen LogP contribution in [0, 0.1) is 0 Å². The molecule has 0 spiro atoms. The summed E-state index contributed by atoms with van der Waals surface area (Å²) in [4.78, 5) is 0. The normalized spacial score (nSPS) is 20.4. The standard InChI is InChI=1S/C12H25O3P/c1-3-14-16(13,15-4-2)12-10-8-6-5-7-9-11-12/h12H,3-11H2,1-2H3. The quantitative estimate of drug-likeness (QED) is 0.678. The highest BCUT2D eigenvalue weighted by Crippen LogP contribution is 2.56. The average molecular weight is 248 g/mol. The Kier molecular flexibility index (Phi) is 6.64. The van der Waals surface area contributed by atoms with Crippen LogP contribution in [0.4, 0.5) is 0 Å². The summed E-state index contributed by atoms with van der Waals surface area (Å²) in [7, 11) is -2.84. The molecule has 0 heterocycles. The minimum atomic E-state index is -2.84. The van der Waals surface area contributed by atoms with Crippen molar-refractivity contribution in [2.24, 2.45) is 0 Å². The van der Waals surface area contributed by atoms with Gasteiger partial charge in [0.25, 0.3) is 0 Å². The van der Waals surface area contributed by atoms with Gasteiger partial charge in [0.05, 0.1) is 18.9 Å². The summed E-state index contributed by atoms with van der Waals surface area (Å²) in [6.07, 6.45) is 8.15. The van der Waals surface area contributed by atoms with E-state index in [4.69, 9.17) is 9.05 Å². The SMILES string of the molecule is CCOP(=O)(OCC)C1CCCCCCC1. The fourth-order valence-corrected chi connectivity index (χ4v) is 4.57. The van der Waals surface area contributed by atoms with Crippen molar-refractivity contribution in [1.82, 2.24) is 0 Å². The van der Waals surface area contributed by atoms with Crippen LogP contribution in [0.3, 0.4) is 0 Å². The van der Waals surface area contributed by atoms with Crippen molar-refractivity contribution in [1.29, 1.82) is 0 Å². The van der Waals surface area contributed by atoms with E-state index < -0.39 is 7.60 Å². The highest BCUT2D eigenvalue weighted by atomic mass is 31.2. The number of rotatable bonds is 5. The fourth-order valence-electron chi connectivity index (χ4n) is 2.36. The second-order valence-electron chi connectivity index (χ2n) is 4.37. The fraction of sp³-hybridized carbons (Fsp3) is 1.00. The van der Waals surface area contributed by atoms with Crippen molar-refractivity contribution < 1.29 is 13.6 Å². The highest BCUT2D eigenvalue weighted by molar-refractivity contribution is 7.54. The third-order valence-corrected chi connectivity index (χ3v) is 5.79. The molecule has 0 radical (unpaired) electrons. The predicted octanol–water partition coefficient (Wildman–Crippen LogP) is 4.37. The van der Waals surface area contributed by atoms with Crippen molar-refractivity contribution in [3.63, 3.8) is 0 Å². The Labute approximate surface area is 99.4 Å². The minimum absolute atomic E-state index is 0.132. The summed E-state index contributed by atoms with van der Waals surface area (Å²) in [5, 5.41) is 0. The predicted molar refractivity (Wildman–Crippen MR) is 67.0 cm³/mol. The molecule has 0 N–H and O–H groups in total. The molecule has 0 bridgehead atoms. The van der Waals surface area contributed by atoms with Gasteiger partial charge in [0, 0.05) is 0 Å². The van der Waals surface area contributed by atoms with E-state index in [9.17, 15) is 4.57 Å². The molecule has 1 rings (SSSR count). The maximum atomic E-state index is 12.6. The van der Waals surface area contributed by atoms with E-state index in [1.165, 1.54) is 19.3 Å². The van der Waals surface area contributed by atoms with E-state index in [0.717, 1.165) is 25.7 Å². The Morgan fingerprint density at radius 3 is 1.81 bits per heavy atom. The van der Waals surface area contributed by atoms with Gasteiger partial charge in [-0.25, -0.2) is 0 Å². The Bertz CT molecular complexity index is 212. The zero-order valence-corrected chi connectivity index (χ0v) is 11.5. The largest absolute Gasteiger partial charge is 0.333 e. The average Bonchev–Trinajstić information content (AvgIpc) is 2.16. The summed E-state index contributed by atoms with van der Waals surface area (Å²) in [5.74, 6) is 0. The van der Waals surface area contributed by atoms with Crippen LogP contribution in [0.15, 0.2) is 0 Å². The van der Waals surface area contributed by atoms with Crippen LogP contribution in [-0.2, 0) is 13.6 Å². The molecule has 0 aromatic rings. The molecule has 3 nitrogen and oxygen atoms in total. The zero-order chi connectivity index (χ0) is 11.9. The van der Waals surface area contributed by atoms with Gasteiger partial charge in [0.2, 0.25) is 0 Å². The molecule has 1 saturated carbocycles. The van der Waals surface area contributed by atoms with Crippen LogP contribution in [0.1, 0.15) is 58.8 Å². The van der Waals surface area contributed by atoms with Crippen LogP contribution in [0.2, 0.25) is 0 Å². The van der Waals surface area contributed by atoms with Gasteiger partial charge in [-0.2, -0.15) is 0 Å². The van der Waals surface area contributed by atoms with Crippen molar-refractivity contribution in [2.45, 2.75) is 64.5 Å². The second kappa shape index (κ2) is 7.47. The van der Waals surface area contributed by atoms with Crippen molar-refractivity contribution in [2.75, 3.05) is 13.2 Å². The van der Waals surface area contributed by atoms with E-state index in [1.807, 2.05) is 13.8 Å². The summed E-state index contributed by atoms with van der Waals surface area (Å²) in [6, 6.07) is 0. The van der Waals surface area contributed by atoms with E-state index in [1.54, 1.807) is 0 Å². The molecular formula is C12H25O3P. The molecule has 1 fully saturated rings. The highest BCUT2D eigenvalue weighted by Gasteiger charge is 2.34. The van der Waals surface area contributed by atoms with Crippen LogP contribution < -0.4 is 0 Å². The van der Waals surface area contributed by atoms with Crippen LogP contribution in [-0.4, -0.2) is 18.9 Å². The molecule has 0 aliphatic heterocycles. The lowest BCUT2D eigenvalue weighted by molar-refractivity contribution is 0.207. The molecule has 0 unspecified atom stereocenters. The van der Waals surface area contributed by atoms with Crippen molar-refractivity contribution >= 4 is 7.60 Å². The van der Waals surface area contributed by atoms with Gasteiger partial charge in [-0.05, 0) is 26.7 Å². The van der Waals surface area contributed by atoms with Gasteiger partial charge >= 0.3 is 7.60 Å². The summed E-state index contributed by atoms with van der Waals surface area (Å²) in [5.41, 5.74) is 0.132. The van der Waals surface area contributed by atoms with Gasteiger partial charge in [-0.3, -0.25) is 4.57 Å². The van der Waals surface area contributed by atoms with E-state index in [2.05, 4.69) is 0 Å². The lowest BCUT2D eigenvalue weighted by Gasteiger charge is -2.27. The van der Waals surface area contributed by atoms with E-state index in [0.29, 0.717) is 13.2 Å². The lowest BCUT2D eigenvalue weighted by Crippen LogP contribution is -2.15. The van der Waals surface area contributed by atoms with Gasteiger partial charge in [0.1, 0.15) is 0 Å². The molecule has 0 atom stereocenters. The van der Waals surface area contributed by atoms with Gasteiger partial charge < -0.3 is 9.05 Å². The molecule has 0 saturated heterocycles. The monoisotopic (exact) mass is 248 g/mol. The third-order valence-electron chi connectivity index (χ3n) is 3.14. The first-order valence-electron chi connectivity index (χ1n) is 6.61. The van der Waals surface area contributed by atoms with E-state index in [-0.39, 0.29) is 5.66 Å². The smallest absolute Gasteiger partial charge is 0.309 e. The molecule has 4 heteroatoms. The van der Waals surface area contributed by atoms with Crippen molar-refractivity contribution in [3.05, 3.63) is 0 Å². The molecule has 0 aromatic heterocycles. The minimum Gasteiger partial charge on any atom is -0.309 e. The Hall–Kier alpha value is 0.150. The molecule has 16 heavy (non-hydrogen) atoms. The molecule has 96 valence electrons. The van der Waals surface area contributed by atoms with E-state index >= 15 is 0 Å². The van der Waals surface area contributed by atoms with Gasteiger partial charge in [-0.1, -0.05) is 32.1 Å². The van der Waals surface area contributed by atoms with Gasteiger partial charge in [-0.15, -0.1) is 0 Å². The molecule has 1 aliphatic carbocycles. The van der Waals surface area contributed by atoms with Crippen LogP contribution in [0.5, 0.6) is 0 Å². The lowest BCUT2D eigenvalue weighted by atomic mass is 10.0. The molecule has 0 amide bonds. The Morgan fingerprint density at radius 1 is 0.938 bits per heavy atom.